The Labute approximate surface area is 265 Å². The summed E-state index contributed by atoms with van der Waals surface area (Å²) in [6.07, 6.45) is 13.7. The van der Waals surface area contributed by atoms with Gasteiger partial charge < -0.3 is 35.6 Å². The molecule has 2 aliphatic carbocycles. The molecule has 0 aromatic carbocycles. The van der Waals surface area contributed by atoms with Crippen molar-refractivity contribution in [1.82, 2.24) is 25.5 Å². The van der Waals surface area contributed by atoms with Gasteiger partial charge in [0.05, 0.1) is 19.4 Å². The van der Waals surface area contributed by atoms with Crippen LogP contribution in [0.5, 0.6) is 0 Å². The molecule has 0 spiro atoms. The van der Waals surface area contributed by atoms with Gasteiger partial charge in [0.1, 0.15) is 11.6 Å². The Morgan fingerprint density at radius 1 is 0.932 bits per heavy atom. The fourth-order valence-electron chi connectivity index (χ4n) is 6.92. The molecule has 5 N–H and O–H groups in total. The summed E-state index contributed by atoms with van der Waals surface area (Å²) in [5.74, 6) is 3.44. The Morgan fingerprint density at radius 3 is 2.32 bits per heavy atom. The largest absolute Gasteiger partial charge is 0.383 e. The molecule has 44 heavy (non-hydrogen) atoms. The van der Waals surface area contributed by atoms with Gasteiger partial charge in [0.15, 0.2) is 0 Å². The minimum absolute atomic E-state index is 0.0746. The third kappa shape index (κ3) is 10.8. The number of hydrogen-bond acceptors (Lipinski definition) is 11. The summed E-state index contributed by atoms with van der Waals surface area (Å²) in [4.78, 5) is 13.9. The van der Waals surface area contributed by atoms with Crippen LogP contribution in [0.2, 0.25) is 0 Å². The van der Waals surface area contributed by atoms with Crippen LogP contribution in [0, 0.1) is 17.3 Å². The van der Waals surface area contributed by atoms with Crippen LogP contribution in [-0.4, -0.2) is 99.2 Å². The molecule has 2 saturated carbocycles. The van der Waals surface area contributed by atoms with E-state index >= 15 is 0 Å². The molecule has 3 heterocycles. The Balaban J connectivity index is 0.950. The van der Waals surface area contributed by atoms with Gasteiger partial charge in [-0.2, -0.15) is 9.97 Å². The lowest BCUT2D eigenvalue weighted by molar-refractivity contribution is 0.0406. The molecule has 12 heteroatoms. The van der Waals surface area contributed by atoms with Gasteiger partial charge in [0.2, 0.25) is 5.95 Å². The predicted molar refractivity (Wildman–Crippen MR) is 180 cm³/mol. The second-order valence-corrected chi connectivity index (χ2v) is 16.6. The molecule has 0 bridgehead atoms. The van der Waals surface area contributed by atoms with Gasteiger partial charge in [-0.05, 0) is 76.4 Å². The number of anilines is 3. The smallest absolute Gasteiger partial charge is 0.332 e. The molecule has 1 aromatic heterocycles. The number of hydrogen-bond donors (Lipinski definition) is 4. The van der Waals surface area contributed by atoms with Gasteiger partial charge >= 0.3 is 7.60 Å². The molecule has 4 fully saturated rings. The molecule has 250 valence electrons. The van der Waals surface area contributed by atoms with Gasteiger partial charge in [-0.25, -0.2) is 0 Å². The highest BCUT2D eigenvalue weighted by Crippen LogP contribution is 2.53. The molecule has 2 aliphatic heterocycles. The number of rotatable bonds is 14. The van der Waals surface area contributed by atoms with Crippen molar-refractivity contribution < 1.29 is 13.6 Å². The highest BCUT2D eigenvalue weighted by molar-refractivity contribution is 7.53. The Bertz CT molecular complexity index is 1040. The van der Waals surface area contributed by atoms with E-state index in [1.807, 2.05) is 6.07 Å². The van der Waals surface area contributed by atoms with Crippen molar-refractivity contribution in [3.05, 3.63) is 6.07 Å². The summed E-state index contributed by atoms with van der Waals surface area (Å²) in [5, 5.41) is 11.0. The molecule has 2 saturated heterocycles. The number of nitrogens with zero attached hydrogens (tertiary/aromatic N) is 4. The highest BCUT2D eigenvalue weighted by Gasteiger charge is 2.36. The van der Waals surface area contributed by atoms with Crippen LogP contribution in [-0.2, 0) is 13.6 Å². The van der Waals surface area contributed by atoms with E-state index in [0.29, 0.717) is 43.6 Å². The average Bonchev–Trinajstić information content (AvgIpc) is 3.03. The van der Waals surface area contributed by atoms with Crippen LogP contribution in [0.25, 0.3) is 0 Å². The van der Waals surface area contributed by atoms with Crippen LogP contribution >= 0.6 is 7.60 Å². The standard InChI is InChI=1S/C32H59N8O3P/c1-32(2)24-42-44(41,43-25-32)20-19-39-15-17-40(18-16-39)30-21-29(33)37-31(38-30)36-23-27-11-9-26(10-12-27)22-34-13-6-14-35-28-7-4-3-5-8-28/h21,26-28,34-35H,3-20,22-25H2,1-2H3,(H3,33,36,37,38). The maximum Gasteiger partial charge on any atom is 0.332 e. The molecule has 0 amide bonds. The van der Waals surface area contributed by atoms with E-state index in [9.17, 15) is 4.57 Å². The summed E-state index contributed by atoms with van der Waals surface area (Å²) < 4.78 is 24.2. The third-order valence-electron chi connectivity index (χ3n) is 9.94. The third-order valence-corrected chi connectivity index (χ3v) is 11.7. The van der Waals surface area contributed by atoms with Gasteiger partial charge in [0.25, 0.3) is 0 Å². The van der Waals surface area contributed by atoms with Crippen LogP contribution in [0.15, 0.2) is 6.07 Å². The van der Waals surface area contributed by atoms with E-state index in [0.717, 1.165) is 70.1 Å². The fraction of sp³-hybridized carbons (Fsp3) is 0.875. The van der Waals surface area contributed by atoms with Crippen molar-refractivity contribution in [1.29, 1.82) is 0 Å². The van der Waals surface area contributed by atoms with E-state index in [1.54, 1.807) is 0 Å². The second kappa shape index (κ2) is 16.4. The van der Waals surface area contributed by atoms with Crippen molar-refractivity contribution in [2.75, 3.05) is 94.2 Å². The predicted octanol–water partition coefficient (Wildman–Crippen LogP) is 4.57. The lowest BCUT2D eigenvalue weighted by atomic mass is 9.82. The molecule has 4 aliphatic rings. The summed E-state index contributed by atoms with van der Waals surface area (Å²) in [6, 6.07) is 2.64. The van der Waals surface area contributed by atoms with Gasteiger partial charge in [-0.3, -0.25) is 9.46 Å². The zero-order valence-corrected chi connectivity index (χ0v) is 28.3. The maximum absolute atomic E-state index is 12.9. The number of nitrogen functional groups attached to an aromatic ring is 1. The molecular weight excluding hydrogens is 575 g/mol. The monoisotopic (exact) mass is 634 g/mol. The first-order valence-electron chi connectivity index (χ1n) is 17.4. The number of nitrogens with one attached hydrogen (secondary N) is 3. The van der Waals surface area contributed by atoms with Crippen molar-refractivity contribution in [3.8, 4) is 0 Å². The number of nitrogens with two attached hydrogens (primary N) is 1. The van der Waals surface area contributed by atoms with Crippen molar-refractivity contribution in [3.63, 3.8) is 0 Å². The highest BCUT2D eigenvalue weighted by atomic mass is 31.2. The van der Waals surface area contributed by atoms with E-state index in [1.165, 1.54) is 64.2 Å². The first kappa shape index (κ1) is 33.9. The second-order valence-electron chi connectivity index (χ2n) is 14.5. The molecule has 0 atom stereocenters. The topological polar surface area (TPSA) is 130 Å². The zero-order chi connectivity index (χ0) is 30.8. The quantitative estimate of drug-likeness (QED) is 0.170. The van der Waals surface area contributed by atoms with Gasteiger partial charge in [0, 0.05) is 56.8 Å². The molecule has 11 nitrogen and oxygen atoms in total. The summed E-state index contributed by atoms with van der Waals surface area (Å²) in [5.41, 5.74) is 6.13. The van der Waals surface area contributed by atoms with Crippen molar-refractivity contribution >= 4 is 25.2 Å². The minimum Gasteiger partial charge on any atom is -0.383 e. The summed E-state index contributed by atoms with van der Waals surface area (Å²) >= 11 is 0. The molecule has 1 aromatic rings. The SMILES string of the molecule is CC1(C)COP(=O)(CCN2CCN(c3cc(N)nc(NCC4CCC(CNCCCNC5CCCCC5)CC4)n3)CC2)OC1. The first-order valence-corrected chi connectivity index (χ1v) is 19.2. The summed E-state index contributed by atoms with van der Waals surface area (Å²) in [7, 11) is -2.99. The van der Waals surface area contributed by atoms with Crippen LogP contribution < -0.4 is 26.6 Å². The van der Waals surface area contributed by atoms with E-state index in [-0.39, 0.29) is 5.41 Å². The Morgan fingerprint density at radius 2 is 1.61 bits per heavy atom. The first-order chi connectivity index (χ1) is 21.3. The normalized spacial score (nSPS) is 26.5. The van der Waals surface area contributed by atoms with Crippen LogP contribution in [0.4, 0.5) is 17.6 Å². The Hall–Kier alpha value is -1.49. The number of aromatic nitrogens is 2. The Kier molecular flexibility index (Phi) is 12.6. The molecule has 0 unspecified atom stereocenters. The van der Waals surface area contributed by atoms with Crippen LogP contribution in [0.1, 0.15) is 78.1 Å². The van der Waals surface area contributed by atoms with E-state index in [2.05, 4.69) is 44.6 Å². The number of piperazine rings is 1. The zero-order valence-electron chi connectivity index (χ0n) is 27.4. The van der Waals surface area contributed by atoms with Crippen molar-refractivity contribution in [2.24, 2.45) is 17.3 Å². The maximum atomic E-state index is 12.9. The minimum atomic E-state index is -2.99. The van der Waals surface area contributed by atoms with Gasteiger partial charge in [-0.1, -0.05) is 33.1 Å². The van der Waals surface area contributed by atoms with Crippen molar-refractivity contribution in [2.45, 2.75) is 84.1 Å². The fourth-order valence-corrected chi connectivity index (χ4v) is 8.87. The molecular formula is C32H59N8O3P. The van der Waals surface area contributed by atoms with Gasteiger partial charge in [-0.15, -0.1) is 0 Å². The summed E-state index contributed by atoms with van der Waals surface area (Å²) in [6.45, 7) is 13.5. The molecule has 0 radical (unpaired) electrons. The van der Waals surface area contributed by atoms with Crippen LogP contribution in [0.3, 0.4) is 0 Å². The lowest BCUT2D eigenvalue weighted by Gasteiger charge is -2.37. The lowest BCUT2D eigenvalue weighted by Crippen LogP contribution is -2.47. The van der Waals surface area contributed by atoms with E-state index < -0.39 is 7.60 Å². The van der Waals surface area contributed by atoms with E-state index in [4.69, 9.17) is 19.8 Å². The average molecular weight is 635 g/mol. The molecule has 5 rings (SSSR count).